The molecule has 1 heterocycles. The van der Waals surface area contributed by atoms with Crippen molar-refractivity contribution in [3.63, 3.8) is 0 Å². The minimum atomic E-state index is -0.938. The van der Waals surface area contributed by atoms with Gasteiger partial charge in [-0.15, -0.1) is 0 Å². The first kappa shape index (κ1) is 39.9. The third-order valence-electron chi connectivity index (χ3n) is 8.63. The maximum Gasteiger partial charge on any atom is 0.337 e. The molecule has 0 aromatic heterocycles. The minimum absolute atomic E-state index is 0. The normalized spacial score (nSPS) is 15.5. The van der Waals surface area contributed by atoms with Gasteiger partial charge in [0, 0.05) is 42.5 Å². The zero-order chi connectivity index (χ0) is 35.3. The number of dihydropyridines is 1. The average Bonchev–Trinajstić information content (AvgIpc) is 3.08. The summed E-state index contributed by atoms with van der Waals surface area (Å²) in [5.74, 6) is -1.94. The maximum absolute atomic E-state index is 14.0. The van der Waals surface area contributed by atoms with E-state index >= 15 is 0 Å². The van der Waals surface area contributed by atoms with Crippen LogP contribution in [0.25, 0.3) is 0 Å². The summed E-state index contributed by atoms with van der Waals surface area (Å²) in [7, 11) is 2.08. The lowest BCUT2D eigenvalue weighted by Crippen LogP contribution is -3.10. The van der Waals surface area contributed by atoms with Crippen LogP contribution in [0, 0.1) is 10.1 Å². The van der Waals surface area contributed by atoms with E-state index in [9.17, 15) is 19.7 Å². The number of nitrogens with one attached hydrogen (secondary N) is 2. The van der Waals surface area contributed by atoms with E-state index < -0.39 is 28.9 Å². The smallest absolute Gasteiger partial charge is 0.337 e. The van der Waals surface area contributed by atoms with Gasteiger partial charge in [-0.05, 0) is 43.9 Å². The summed E-state index contributed by atoms with van der Waals surface area (Å²) in [5, 5.41) is 14.9. The molecule has 10 nitrogen and oxygen atoms in total. The molecule has 50 heavy (non-hydrogen) atoms. The second-order valence-corrected chi connectivity index (χ2v) is 12.5. The number of nitro groups is 1. The number of benzene rings is 3. The summed E-state index contributed by atoms with van der Waals surface area (Å²) in [5.41, 5.74) is 4.17. The van der Waals surface area contributed by atoms with Crippen molar-refractivity contribution in [3.8, 4) is 0 Å². The molecule has 0 aliphatic carbocycles. The molecule has 0 radical (unpaired) electrons. The Morgan fingerprint density at radius 1 is 0.880 bits per heavy atom. The molecule has 11 heteroatoms. The van der Waals surface area contributed by atoms with Gasteiger partial charge in [-0.2, -0.15) is 0 Å². The predicted molar refractivity (Wildman–Crippen MR) is 188 cm³/mol. The van der Waals surface area contributed by atoms with Crippen LogP contribution in [0.2, 0.25) is 0 Å². The Bertz CT molecular complexity index is 1610. The third-order valence-corrected chi connectivity index (χ3v) is 8.63. The van der Waals surface area contributed by atoms with Crippen molar-refractivity contribution in [1.29, 1.82) is 0 Å². The summed E-state index contributed by atoms with van der Waals surface area (Å²) >= 11 is 0. The van der Waals surface area contributed by atoms with E-state index in [4.69, 9.17) is 14.2 Å². The highest BCUT2D eigenvalue weighted by molar-refractivity contribution is 6.00. The van der Waals surface area contributed by atoms with Crippen LogP contribution in [0.15, 0.2) is 107 Å². The Balaban J connectivity index is 0.00000676. The summed E-state index contributed by atoms with van der Waals surface area (Å²) in [6.45, 7) is 9.51. The molecule has 0 saturated heterocycles. The molecule has 1 aliphatic rings. The summed E-state index contributed by atoms with van der Waals surface area (Å²) in [6, 6.07) is 26.9. The van der Waals surface area contributed by atoms with Crippen LogP contribution in [0.5, 0.6) is 0 Å². The van der Waals surface area contributed by atoms with Crippen molar-refractivity contribution in [2.24, 2.45) is 0 Å². The molecule has 0 fully saturated rings. The highest BCUT2D eigenvalue weighted by atomic mass is 35.5. The van der Waals surface area contributed by atoms with Crippen LogP contribution >= 0.6 is 0 Å². The van der Waals surface area contributed by atoms with Gasteiger partial charge in [0.05, 0.1) is 42.2 Å². The number of rotatable bonds is 17. The molecule has 3 aromatic carbocycles. The maximum atomic E-state index is 14.0. The molecule has 1 aliphatic heterocycles. The molecule has 3 aromatic rings. The number of ether oxygens (including phenoxy) is 3. The van der Waals surface area contributed by atoms with E-state index in [0.29, 0.717) is 30.1 Å². The molecule has 0 amide bonds. The SMILES string of the molecule is CCCOCCOC(=O)C1=C(C)NC(C)=C(C(=O)OC(C)C[NH+](C)CCC(c2ccccc2)c2ccccc2)C1c1cccc([N+](=O)[O-])c1.[Cl-]. The lowest BCUT2D eigenvalue weighted by atomic mass is 9.80. The summed E-state index contributed by atoms with van der Waals surface area (Å²) in [6.07, 6.45) is 1.29. The number of hydrogen-bond acceptors (Lipinski definition) is 8. The van der Waals surface area contributed by atoms with Gasteiger partial charge in [0.2, 0.25) is 0 Å². The fourth-order valence-corrected chi connectivity index (χ4v) is 6.37. The number of carbonyl (C=O) groups is 2. The van der Waals surface area contributed by atoms with Gasteiger partial charge in [0.1, 0.15) is 19.3 Å². The molecule has 2 N–H and O–H groups in total. The van der Waals surface area contributed by atoms with E-state index in [-0.39, 0.29) is 48.4 Å². The highest BCUT2D eigenvalue weighted by Gasteiger charge is 2.39. The van der Waals surface area contributed by atoms with Gasteiger partial charge in [-0.3, -0.25) is 10.1 Å². The molecule has 3 unspecified atom stereocenters. The van der Waals surface area contributed by atoms with Crippen LogP contribution < -0.4 is 22.6 Å². The van der Waals surface area contributed by atoms with Crippen LogP contribution in [-0.4, -0.2) is 62.9 Å². The summed E-state index contributed by atoms with van der Waals surface area (Å²) in [4.78, 5) is 39.9. The Morgan fingerprint density at radius 2 is 1.48 bits per heavy atom. The molecule has 0 saturated carbocycles. The Morgan fingerprint density at radius 3 is 2.06 bits per heavy atom. The quantitative estimate of drug-likeness (QED) is 0.0952. The van der Waals surface area contributed by atoms with E-state index in [2.05, 4.69) is 60.9 Å². The number of likely N-dealkylation sites (N-methyl/N-ethyl adjacent to an activating group) is 1. The van der Waals surface area contributed by atoms with Gasteiger partial charge in [0.25, 0.3) is 5.69 Å². The molecule has 268 valence electrons. The van der Waals surface area contributed by atoms with Crippen molar-refractivity contribution < 1.29 is 46.0 Å². The Kier molecular flexibility index (Phi) is 15.7. The zero-order valence-corrected chi connectivity index (χ0v) is 30.2. The van der Waals surface area contributed by atoms with Crippen LogP contribution in [0.1, 0.15) is 69.1 Å². The van der Waals surface area contributed by atoms with Crippen molar-refractivity contribution in [2.75, 3.05) is 40.0 Å². The first-order valence-corrected chi connectivity index (χ1v) is 16.9. The molecular formula is C39H48ClN3O7. The second kappa shape index (κ2) is 19.6. The Labute approximate surface area is 301 Å². The number of esters is 2. The van der Waals surface area contributed by atoms with Gasteiger partial charge >= 0.3 is 11.9 Å². The first-order valence-electron chi connectivity index (χ1n) is 16.9. The number of allylic oxidation sites excluding steroid dienone is 2. The lowest BCUT2D eigenvalue weighted by molar-refractivity contribution is -0.882. The second-order valence-electron chi connectivity index (χ2n) is 12.5. The molecule has 4 rings (SSSR count). The van der Waals surface area contributed by atoms with Crippen molar-refractivity contribution in [1.82, 2.24) is 5.32 Å². The highest BCUT2D eigenvalue weighted by Crippen LogP contribution is 2.40. The van der Waals surface area contributed by atoms with E-state index in [0.717, 1.165) is 19.4 Å². The number of nitrogens with zero attached hydrogens (tertiary/aromatic N) is 1. The monoisotopic (exact) mass is 705 g/mol. The molecule has 0 bridgehead atoms. The fraction of sp³-hybridized carbons (Fsp3) is 0.385. The zero-order valence-electron chi connectivity index (χ0n) is 29.4. The largest absolute Gasteiger partial charge is 1.00 e. The van der Waals surface area contributed by atoms with Crippen molar-refractivity contribution >= 4 is 17.6 Å². The molecule has 3 atom stereocenters. The fourth-order valence-electron chi connectivity index (χ4n) is 6.37. The number of carbonyl (C=O) groups excluding carboxylic acids is 2. The van der Waals surface area contributed by atoms with Gasteiger partial charge in [-0.25, -0.2) is 9.59 Å². The van der Waals surface area contributed by atoms with E-state index in [1.165, 1.54) is 28.2 Å². The van der Waals surface area contributed by atoms with Crippen LogP contribution in [-0.2, 0) is 23.8 Å². The number of hydrogen-bond donors (Lipinski definition) is 2. The molecule has 0 spiro atoms. The number of non-ortho nitro benzene ring substituents is 1. The van der Waals surface area contributed by atoms with E-state index in [1.54, 1.807) is 26.0 Å². The number of nitro benzene ring substituents is 1. The third kappa shape index (κ3) is 10.7. The van der Waals surface area contributed by atoms with Crippen molar-refractivity contribution in [2.45, 2.75) is 58.5 Å². The number of halogens is 1. The topological polar surface area (TPSA) is 121 Å². The van der Waals surface area contributed by atoms with E-state index in [1.807, 2.05) is 26.0 Å². The van der Waals surface area contributed by atoms with Crippen LogP contribution in [0.3, 0.4) is 0 Å². The number of quaternary nitrogens is 1. The van der Waals surface area contributed by atoms with Gasteiger partial charge in [-0.1, -0.05) is 79.7 Å². The predicted octanol–water partition coefficient (Wildman–Crippen LogP) is 2.47. The Hall–Kier alpha value is -4.51. The summed E-state index contributed by atoms with van der Waals surface area (Å²) < 4.78 is 17.1. The van der Waals surface area contributed by atoms with Gasteiger partial charge in [0.15, 0.2) is 0 Å². The standard InChI is InChI=1S/C39H47N3O7.ClH/c1-6-22-47-23-24-48-38(43)35-28(3)40-29(4)36(37(35)32-18-13-19-33(25-32)42(45)46)39(44)49-27(2)26-41(5)21-20-34(30-14-9-7-10-15-30)31-16-11-8-12-17-31;/h7-19,25,27,34,37,40H,6,20-24,26H2,1-5H3;1H. The van der Waals surface area contributed by atoms with Crippen LogP contribution in [0.4, 0.5) is 5.69 Å². The average molecular weight is 706 g/mol. The lowest BCUT2D eigenvalue weighted by Gasteiger charge is -2.31. The minimum Gasteiger partial charge on any atom is -1.00 e. The molecular weight excluding hydrogens is 658 g/mol. The van der Waals surface area contributed by atoms with Gasteiger partial charge < -0.3 is 36.8 Å². The van der Waals surface area contributed by atoms with Crippen molar-refractivity contribution in [3.05, 3.63) is 134 Å². The first-order chi connectivity index (χ1) is 23.6.